The van der Waals surface area contributed by atoms with Gasteiger partial charge in [-0.1, -0.05) is 54.1 Å². The molecule has 1 aliphatic carbocycles. The van der Waals surface area contributed by atoms with E-state index < -0.39 is 0 Å². The molecule has 4 heteroatoms. The summed E-state index contributed by atoms with van der Waals surface area (Å²) in [7, 11) is 0. The minimum absolute atomic E-state index is 0.0682. The molecule has 0 amide bonds. The third-order valence-corrected chi connectivity index (χ3v) is 4.39. The Kier molecular flexibility index (Phi) is 2.87. The van der Waals surface area contributed by atoms with E-state index in [0.717, 1.165) is 28.0 Å². The van der Waals surface area contributed by atoms with Gasteiger partial charge in [0.15, 0.2) is 10.9 Å². The lowest BCUT2D eigenvalue weighted by molar-refractivity contribution is 0.103. The monoisotopic (exact) mass is 306 g/mol. The zero-order valence-electron chi connectivity index (χ0n) is 12.0. The first-order valence-corrected chi connectivity index (χ1v) is 7.58. The van der Waals surface area contributed by atoms with E-state index in [9.17, 15) is 4.79 Å². The predicted octanol–water partition coefficient (Wildman–Crippen LogP) is 3.12. The van der Waals surface area contributed by atoms with Crippen LogP contribution in [0.25, 0.3) is 5.70 Å². The minimum Gasteiger partial charge on any atom is -0.351 e. The topological polar surface area (TPSA) is 41.1 Å². The van der Waals surface area contributed by atoms with Crippen LogP contribution in [0.4, 0.5) is 0 Å². The highest BCUT2D eigenvalue weighted by Crippen LogP contribution is 2.39. The summed E-state index contributed by atoms with van der Waals surface area (Å²) in [6, 6.07) is 15.6. The van der Waals surface area contributed by atoms with E-state index in [1.54, 1.807) is 0 Å². The van der Waals surface area contributed by atoms with Crippen molar-refractivity contribution in [2.75, 3.05) is 0 Å². The number of fused-ring (bicyclic) bond motifs is 2. The number of rotatable bonds is 1. The van der Waals surface area contributed by atoms with Gasteiger partial charge in [0.1, 0.15) is 0 Å². The number of carbonyl (C=O) groups excluding carboxylic acids is 1. The van der Waals surface area contributed by atoms with Crippen LogP contribution in [0.2, 0.25) is 0 Å². The van der Waals surface area contributed by atoms with Crippen molar-refractivity contribution in [3.63, 3.8) is 0 Å². The van der Waals surface area contributed by atoms with E-state index in [-0.39, 0.29) is 11.8 Å². The molecule has 4 rings (SSSR count). The number of aryl methyl sites for hydroxylation is 1. The van der Waals surface area contributed by atoms with Gasteiger partial charge in [-0.05, 0) is 24.7 Å². The van der Waals surface area contributed by atoms with Crippen molar-refractivity contribution in [2.24, 2.45) is 0 Å². The molecule has 22 heavy (non-hydrogen) atoms. The zero-order valence-corrected chi connectivity index (χ0v) is 12.8. The Labute approximate surface area is 134 Å². The van der Waals surface area contributed by atoms with E-state index in [1.807, 2.05) is 43.3 Å². The quantitative estimate of drug-likeness (QED) is 0.794. The van der Waals surface area contributed by atoms with Gasteiger partial charge >= 0.3 is 0 Å². The summed E-state index contributed by atoms with van der Waals surface area (Å²) < 4.78 is 0. The lowest BCUT2D eigenvalue weighted by Crippen LogP contribution is -2.43. The largest absolute Gasteiger partial charge is 0.351 e. The number of nitrogens with one attached hydrogen (secondary N) is 2. The molecule has 1 atom stereocenters. The second kappa shape index (κ2) is 4.78. The van der Waals surface area contributed by atoms with Crippen LogP contribution in [0.3, 0.4) is 0 Å². The van der Waals surface area contributed by atoms with Crippen LogP contribution in [0, 0.1) is 6.92 Å². The van der Waals surface area contributed by atoms with Crippen LogP contribution in [0.1, 0.15) is 33.1 Å². The molecule has 0 fully saturated rings. The summed E-state index contributed by atoms with van der Waals surface area (Å²) in [4.78, 5) is 12.8. The SMILES string of the molecule is Cc1ccc([C@@H]2NC(=S)NC3=C2C(=O)c2ccccc23)cc1. The number of hydrogen-bond acceptors (Lipinski definition) is 2. The molecule has 3 nitrogen and oxygen atoms in total. The van der Waals surface area contributed by atoms with E-state index in [4.69, 9.17) is 12.2 Å². The van der Waals surface area contributed by atoms with Crippen LogP contribution in [-0.2, 0) is 0 Å². The van der Waals surface area contributed by atoms with Gasteiger partial charge in [-0.3, -0.25) is 4.79 Å². The molecular weight excluding hydrogens is 292 g/mol. The molecule has 0 saturated carbocycles. The number of Topliss-reactive ketones (excluding diaryl/α,β-unsaturated/α-hetero) is 1. The van der Waals surface area contributed by atoms with Crippen molar-refractivity contribution >= 4 is 28.8 Å². The Morgan fingerprint density at radius 3 is 2.41 bits per heavy atom. The van der Waals surface area contributed by atoms with Crippen molar-refractivity contribution in [2.45, 2.75) is 13.0 Å². The fourth-order valence-corrected chi connectivity index (χ4v) is 3.29. The Morgan fingerprint density at radius 2 is 1.68 bits per heavy atom. The van der Waals surface area contributed by atoms with Crippen LogP contribution >= 0.6 is 12.2 Å². The second-order valence-electron chi connectivity index (χ2n) is 5.61. The van der Waals surface area contributed by atoms with Gasteiger partial charge in [0.2, 0.25) is 0 Å². The lowest BCUT2D eigenvalue weighted by atomic mass is 9.94. The van der Waals surface area contributed by atoms with Crippen molar-refractivity contribution in [1.82, 2.24) is 10.6 Å². The molecule has 0 bridgehead atoms. The molecule has 0 radical (unpaired) electrons. The summed E-state index contributed by atoms with van der Waals surface area (Å²) in [5.74, 6) is 0.0682. The molecular formula is C18H14N2OS. The molecule has 0 saturated heterocycles. The molecule has 2 N–H and O–H groups in total. The number of thiocarbonyl (C=S) groups is 1. The van der Waals surface area contributed by atoms with Crippen molar-refractivity contribution in [3.05, 3.63) is 76.4 Å². The van der Waals surface area contributed by atoms with Crippen LogP contribution in [-0.4, -0.2) is 10.9 Å². The van der Waals surface area contributed by atoms with Gasteiger partial charge in [0.05, 0.1) is 17.3 Å². The number of carbonyl (C=O) groups is 1. The lowest BCUT2D eigenvalue weighted by Gasteiger charge is -2.28. The Hall–Kier alpha value is -2.46. The maximum absolute atomic E-state index is 12.8. The maximum atomic E-state index is 12.8. The fourth-order valence-electron chi connectivity index (χ4n) is 3.07. The Balaban J connectivity index is 1.88. The maximum Gasteiger partial charge on any atom is 0.194 e. The van der Waals surface area contributed by atoms with Crippen molar-refractivity contribution < 1.29 is 4.79 Å². The highest BCUT2D eigenvalue weighted by molar-refractivity contribution is 7.80. The molecule has 0 unspecified atom stereocenters. The van der Waals surface area contributed by atoms with E-state index in [0.29, 0.717) is 5.11 Å². The zero-order chi connectivity index (χ0) is 15.3. The molecule has 1 heterocycles. The van der Waals surface area contributed by atoms with Crippen LogP contribution < -0.4 is 10.6 Å². The summed E-state index contributed by atoms with van der Waals surface area (Å²) in [6.45, 7) is 2.05. The normalized spacial score (nSPS) is 19.4. The highest BCUT2D eigenvalue weighted by atomic mass is 32.1. The van der Waals surface area contributed by atoms with Gasteiger partial charge in [-0.25, -0.2) is 0 Å². The van der Waals surface area contributed by atoms with Crippen LogP contribution in [0.5, 0.6) is 0 Å². The smallest absolute Gasteiger partial charge is 0.194 e. The first-order chi connectivity index (χ1) is 10.6. The van der Waals surface area contributed by atoms with Gasteiger partial charge in [-0.15, -0.1) is 0 Å². The molecule has 2 aromatic rings. The molecule has 0 aromatic heterocycles. The number of ketones is 1. The summed E-state index contributed by atoms with van der Waals surface area (Å²) in [5, 5.41) is 6.94. The first-order valence-electron chi connectivity index (χ1n) is 7.17. The van der Waals surface area contributed by atoms with Gasteiger partial charge in [-0.2, -0.15) is 0 Å². The summed E-state index contributed by atoms with van der Waals surface area (Å²) in [6.07, 6.45) is 0. The van der Waals surface area contributed by atoms with Gasteiger partial charge in [0, 0.05) is 11.1 Å². The van der Waals surface area contributed by atoms with E-state index in [2.05, 4.69) is 22.8 Å². The Morgan fingerprint density at radius 1 is 1.00 bits per heavy atom. The number of hydrogen-bond donors (Lipinski definition) is 2. The van der Waals surface area contributed by atoms with Gasteiger partial charge in [0.25, 0.3) is 0 Å². The minimum atomic E-state index is -0.204. The molecule has 108 valence electrons. The fraction of sp³-hybridized carbons (Fsp3) is 0.111. The van der Waals surface area contributed by atoms with Crippen LogP contribution in [0.15, 0.2) is 54.1 Å². The van der Waals surface area contributed by atoms with Crippen molar-refractivity contribution in [3.8, 4) is 0 Å². The third kappa shape index (κ3) is 1.88. The Bertz CT molecular complexity index is 836. The van der Waals surface area contributed by atoms with Crippen molar-refractivity contribution in [1.29, 1.82) is 0 Å². The average Bonchev–Trinajstić information content (AvgIpc) is 2.81. The molecule has 1 aliphatic heterocycles. The third-order valence-electron chi connectivity index (χ3n) is 4.17. The summed E-state index contributed by atoms with van der Waals surface area (Å²) >= 11 is 5.33. The molecule has 0 spiro atoms. The molecule has 2 aromatic carbocycles. The second-order valence-corrected chi connectivity index (χ2v) is 6.01. The van der Waals surface area contributed by atoms with Gasteiger partial charge < -0.3 is 10.6 Å². The standard InChI is InChI=1S/C18H14N2OS/c1-10-6-8-11(9-7-10)15-14-16(20-18(22)19-15)12-4-2-3-5-13(12)17(14)21/h2-9,15H,1H3,(H2,19,20,22)/t15-/m0/s1. The summed E-state index contributed by atoms with van der Waals surface area (Å²) in [5.41, 5.74) is 5.50. The van der Waals surface area contributed by atoms with E-state index in [1.165, 1.54) is 5.56 Å². The number of benzene rings is 2. The molecule has 2 aliphatic rings. The first kappa shape index (κ1) is 13.2. The average molecular weight is 306 g/mol. The predicted molar refractivity (Wildman–Crippen MR) is 90.5 cm³/mol. The highest BCUT2D eigenvalue weighted by Gasteiger charge is 2.38. The van der Waals surface area contributed by atoms with E-state index >= 15 is 0 Å².